The molecule has 0 aliphatic heterocycles. The first kappa shape index (κ1) is 19.9. The Morgan fingerprint density at radius 3 is 2.43 bits per heavy atom. The van der Waals surface area contributed by atoms with Gasteiger partial charge in [0, 0.05) is 19.3 Å². The van der Waals surface area contributed by atoms with Gasteiger partial charge in [-0.05, 0) is 42.8 Å². The highest BCUT2D eigenvalue weighted by atomic mass is 32.2. The molecule has 3 rings (SSSR count). The molecule has 0 saturated carbocycles. The smallest absolute Gasteiger partial charge is 0.275 e. The Morgan fingerprint density at radius 2 is 1.75 bits per heavy atom. The molecule has 0 fully saturated rings. The first-order chi connectivity index (χ1) is 13.4. The lowest BCUT2D eigenvalue weighted by molar-refractivity contribution is 0.102. The van der Waals surface area contributed by atoms with Crippen LogP contribution < -0.4 is 5.32 Å². The molecule has 1 heterocycles. The zero-order chi connectivity index (χ0) is 20.1. The molecule has 146 valence electrons. The number of hydrogen-bond donors (Lipinski definition) is 1. The van der Waals surface area contributed by atoms with Gasteiger partial charge in [-0.15, -0.1) is 0 Å². The molecule has 0 spiro atoms. The van der Waals surface area contributed by atoms with Gasteiger partial charge in [-0.25, -0.2) is 17.7 Å². The molecule has 0 bridgehead atoms. The van der Waals surface area contributed by atoms with Gasteiger partial charge in [0.2, 0.25) is 10.0 Å². The Balaban J connectivity index is 1.73. The number of fused-ring (bicyclic) bond motifs is 1. The third kappa shape index (κ3) is 4.35. The zero-order valence-corrected chi connectivity index (χ0v) is 16.6. The van der Waals surface area contributed by atoms with Crippen molar-refractivity contribution in [2.75, 3.05) is 18.9 Å². The average molecular weight is 398 g/mol. The van der Waals surface area contributed by atoms with Gasteiger partial charge in [0.25, 0.3) is 5.91 Å². The summed E-state index contributed by atoms with van der Waals surface area (Å²) in [5, 5.41) is 2.72. The van der Waals surface area contributed by atoms with Crippen molar-refractivity contribution >= 4 is 32.7 Å². The van der Waals surface area contributed by atoms with E-state index in [9.17, 15) is 13.2 Å². The second-order valence-electron chi connectivity index (χ2n) is 6.40. The Hall–Kier alpha value is -2.84. The number of unbranched alkanes of at least 4 members (excludes halogenated alkanes) is 1. The van der Waals surface area contributed by atoms with Crippen molar-refractivity contribution in [2.24, 2.45) is 0 Å². The van der Waals surface area contributed by atoms with Gasteiger partial charge in [0.1, 0.15) is 5.69 Å². The standard InChI is InChI=1S/C20H22N4O3S/c1-3-4-13-24(2)28(26,27)16-11-9-15(10-12-16)22-20(25)19-14-21-17-7-5-6-8-18(17)23-19/h5-12,14H,3-4,13H2,1-2H3,(H,22,25). The highest BCUT2D eigenvalue weighted by Crippen LogP contribution is 2.18. The molecule has 3 aromatic rings. The van der Waals surface area contributed by atoms with Crippen molar-refractivity contribution in [1.82, 2.24) is 14.3 Å². The number of anilines is 1. The minimum Gasteiger partial charge on any atom is -0.321 e. The Labute approximate surface area is 164 Å². The van der Waals surface area contributed by atoms with Crippen LogP contribution in [0, 0.1) is 0 Å². The van der Waals surface area contributed by atoms with E-state index < -0.39 is 15.9 Å². The minimum atomic E-state index is -3.53. The lowest BCUT2D eigenvalue weighted by atomic mass is 10.3. The topological polar surface area (TPSA) is 92.3 Å². The monoisotopic (exact) mass is 398 g/mol. The molecule has 0 atom stereocenters. The maximum absolute atomic E-state index is 12.5. The minimum absolute atomic E-state index is 0.189. The summed E-state index contributed by atoms with van der Waals surface area (Å²) in [6.45, 7) is 2.48. The van der Waals surface area contributed by atoms with Gasteiger partial charge in [-0.2, -0.15) is 0 Å². The Bertz CT molecular complexity index is 1080. The van der Waals surface area contributed by atoms with Crippen molar-refractivity contribution in [3.05, 3.63) is 60.4 Å². The maximum atomic E-state index is 12.5. The third-order valence-electron chi connectivity index (χ3n) is 4.33. The Kier molecular flexibility index (Phi) is 6.01. The fourth-order valence-corrected chi connectivity index (χ4v) is 3.86. The molecular formula is C20H22N4O3S. The van der Waals surface area contributed by atoms with Crippen LogP contribution in [0.25, 0.3) is 11.0 Å². The molecule has 1 aromatic heterocycles. The molecule has 0 radical (unpaired) electrons. The quantitative estimate of drug-likeness (QED) is 0.659. The van der Waals surface area contributed by atoms with Gasteiger partial charge < -0.3 is 5.32 Å². The number of aromatic nitrogens is 2. The normalized spacial score (nSPS) is 11.7. The van der Waals surface area contributed by atoms with Crippen LogP contribution in [0.3, 0.4) is 0 Å². The molecule has 0 aliphatic rings. The van der Waals surface area contributed by atoms with Crippen LogP contribution in [0.1, 0.15) is 30.3 Å². The van der Waals surface area contributed by atoms with Gasteiger partial charge in [-0.3, -0.25) is 9.78 Å². The number of nitrogens with one attached hydrogen (secondary N) is 1. The molecule has 7 nitrogen and oxygen atoms in total. The number of rotatable bonds is 7. The highest BCUT2D eigenvalue weighted by molar-refractivity contribution is 7.89. The molecule has 8 heteroatoms. The maximum Gasteiger partial charge on any atom is 0.275 e. The van der Waals surface area contributed by atoms with E-state index in [1.54, 1.807) is 25.2 Å². The number of carbonyl (C=O) groups excluding carboxylic acids is 1. The van der Waals surface area contributed by atoms with E-state index in [0.717, 1.165) is 12.8 Å². The van der Waals surface area contributed by atoms with E-state index in [0.29, 0.717) is 23.3 Å². The number of sulfonamides is 1. The summed E-state index contributed by atoms with van der Waals surface area (Å²) in [5.74, 6) is -0.408. The van der Waals surface area contributed by atoms with Gasteiger partial charge in [0.05, 0.1) is 22.1 Å². The summed E-state index contributed by atoms with van der Waals surface area (Å²) in [5.41, 5.74) is 2.01. The lowest BCUT2D eigenvalue weighted by Crippen LogP contribution is -2.27. The fourth-order valence-electron chi connectivity index (χ4n) is 2.65. The van der Waals surface area contributed by atoms with Crippen LogP contribution in [0.5, 0.6) is 0 Å². The Morgan fingerprint density at radius 1 is 1.07 bits per heavy atom. The van der Waals surface area contributed by atoms with Crippen LogP contribution in [-0.2, 0) is 10.0 Å². The number of benzene rings is 2. The van der Waals surface area contributed by atoms with Gasteiger partial charge >= 0.3 is 0 Å². The summed E-state index contributed by atoms with van der Waals surface area (Å²) >= 11 is 0. The highest BCUT2D eigenvalue weighted by Gasteiger charge is 2.20. The molecule has 0 saturated heterocycles. The van der Waals surface area contributed by atoms with Crippen molar-refractivity contribution in [2.45, 2.75) is 24.7 Å². The van der Waals surface area contributed by atoms with Crippen LogP contribution in [-0.4, -0.2) is 42.2 Å². The van der Waals surface area contributed by atoms with E-state index in [1.807, 2.05) is 25.1 Å². The van der Waals surface area contributed by atoms with Crippen molar-refractivity contribution in [3.63, 3.8) is 0 Å². The molecule has 1 amide bonds. The second-order valence-corrected chi connectivity index (χ2v) is 8.45. The number of nitrogens with zero attached hydrogens (tertiary/aromatic N) is 3. The summed E-state index contributed by atoms with van der Waals surface area (Å²) in [6, 6.07) is 13.4. The molecule has 2 aromatic carbocycles. The largest absolute Gasteiger partial charge is 0.321 e. The number of amides is 1. The van der Waals surface area contributed by atoms with Crippen LogP contribution in [0.15, 0.2) is 59.6 Å². The zero-order valence-electron chi connectivity index (χ0n) is 15.8. The predicted octanol–water partition coefficient (Wildman–Crippen LogP) is 3.30. The number of carbonyl (C=O) groups is 1. The summed E-state index contributed by atoms with van der Waals surface area (Å²) < 4.78 is 26.4. The molecule has 1 N–H and O–H groups in total. The molecule has 0 unspecified atom stereocenters. The lowest BCUT2D eigenvalue weighted by Gasteiger charge is -2.17. The van der Waals surface area contributed by atoms with E-state index in [1.165, 1.54) is 22.6 Å². The number of hydrogen-bond acceptors (Lipinski definition) is 5. The van der Waals surface area contributed by atoms with Gasteiger partial charge in [0.15, 0.2) is 0 Å². The first-order valence-electron chi connectivity index (χ1n) is 9.01. The summed E-state index contributed by atoms with van der Waals surface area (Å²) in [4.78, 5) is 21.1. The van der Waals surface area contributed by atoms with E-state index >= 15 is 0 Å². The van der Waals surface area contributed by atoms with Crippen LogP contribution in [0.4, 0.5) is 5.69 Å². The molecule has 0 aliphatic carbocycles. The van der Waals surface area contributed by atoms with Crippen LogP contribution in [0.2, 0.25) is 0 Å². The molecule has 28 heavy (non-hydrogen) atoms. The summed E-state index contributed by atoms with van der Waals surface area (Å²) in [7, 11) is -1.97. The van der Waals surface area contributed by atoms with E-state index in [-0.39, 0.29) is 10.6 Å². The second kappa shape index (κ2) is 8.45. The average Bonchev–Trinajstić information content (AvgIpc) is 2.71. The molecular weight excluding hydrogens is 376 g/mol. The predicted molar refractivity (Wildman–Crippen MR) is 109 cm³/mol. The van der Waals surface area contributed by atoms with Crippen molar-refractivity contribution < 1.29 is 13.2 Å². The van der Waals surface area contributed by atoms with Gasteiger partial charge in [-0.1, -0.05) is 25.5 Å². The summed E-state index contributed by atoms with van der Waals surface area (Å²) in [6.07, 6.45) is 3.14. The SMILES string of the molecule is CCCCN(C)S(=O)(=O)c1ccc(NC(=O)c2cnc3ccccc3n2)cc1. The first-order valence-corrected chi connectivity index (χ1v) is 10.5. The van der Waals surface area contributed by atoms with Crippen molar-refractivity contribution in [3.8, 4) is 0 Å². The van der Waals surface area contributed by atoms with Crippen LogP contribution >= 0.6 is 0 Å². The third-order valence-corrected chi connectivity index (χ3v) is 6.20. The number of para-hydroxylation sites is 2. The fraction of sp³-hybridized carbons (Fsp3) is 0.250. The van der Waals surface area contributed by atoms with E-state index in [4.69, 9.17) is 0 Å². The van der Waals surface area contributed by atoms with E-state index in [2.05, 4.69) is 15.3 Å². The van der Waals surface area contributed by atoms with Crippen molar-refractivity contribution in [1.29, 1.82) is 0 Å².